The zero-order valence-electron chi connectivity index (χ0n) is 8.46. The number of aromatic amines is 1. The average Bonchev–Trinajstić information content (AvgIpc) is 2.60. The van der Waals surface area contributed by atoms with E-state index in [0.717, 1.165) is 20.9 Å². The van der Waals surface area contributed by atoms with Crippen molar-refractivity contribution in [2.75, 3.05) is 6.54 Å². The lowest BCUT2D eigenvalue weighted by atomic mass is 10.2. The summed E-state index contributed by atoms with van der Waals surface area (Å²) in [5, 5.41) is 12.5. The molecule has 1 heterocycles. The van der Waals surface area contributed by atoms with Gasteiger partial charge in [-0.05, 0) is 23.8 Å². The zero-order valence-corrected chi connectivity index (χ0v) is 10.0. The first-order valence-electron chi connectivity index (χ1n) is 4.85. The number of carboxylic acid groups (broad SMARTS) is 1. The van der Waals surface area contributed by atoms with Crippen LogP contribution in [0.2, 0.25) is 0 Å². The monoisotopic (exact) mass is 282 g/mol. The van der Waals surface area contributed by atoms with E-state index in [2.05, 4.69) is 26.2 Å². The minimum absolute atomic E-state index is 0.0271. The molecule has 0 aliphatic rings. The van der Waals surface area contributed by atoms with E-state index in [1.54, 1.807) is 0 Å². The number of carboxylic acids is 1. The van der Waals surface area contributed by atoms with Gasteiger partial charge >= 0.3 is 5.97 Å². The molecule has 4 nitrogen and oxygen atoms in total. The molecule has 0 atom stereocenters. The van der Waals surface area contributed by atoms with E-state index in [-0.39, 0.29) is 6.54 Å². The molecule has 2 aromatic rings. The van der Waals surface area contributed by atoms with Crippen molar-refractivity contribution in [2.45, 2.75) is 6.54 Å². The molecule has 0 spiro atoms. The Morgan fingerprint density at radius 1 is 1.50 bits per heavy atom. The minimum Gasteiger partial charge on any atom is -0.480 e. The van der Waals surface area contributed by atoms with Gasteiger partial charge in [-0.25, -0.2) is 0 Å². The summed E-state index contributed by atoms with van der Waals surface area (Å²) in [6.45, 7) is 0.517. The summed E-state index contributed by atoms with van der Waals surface area (Å²) in [7, 11) is 0. The molecule has 0 amide bonds. The highest BCUT2D eigenvalue weighted by atomic mass is 79.9. The van der Waals surface area contributed by atoms with Crippen LogP contribution in [-0.4, -0.2) is 22.6 Å². The Balaban J connectivity index is 2.17. The maximum Gasteiger partial charge on any atom is 0.317 e. The number of hydrogen-bond acceptors (Lipinski definition) is 2. The lowest BCUT2D eigenvalue weighted by molar-refractivity contribution is -0.135. The number of nitrogens with one attached hydrogen (secondary N) is 2. The van der Waals surface area contributed by atoms with Crippen molar-refractivity contribution in [2.24, 2.45) is 0 Å². The van der Waals surface area contributed by atoms with Crippen LogP contribution in [0.25, 0.3) is 10.9 Å². The molecular formula is C11H11BrN2O2. The topological polar surface area (TPSA) is 65.1 Å². The van der Waals surface area contributed by atoms with E-state index in [1.165, 1.54) is 0 Å². The van der Waals surface area contributed by atoms with Gasteiger partial charge in [0.25, 0.3) is 0 Å². The van der Waals surface area contributed by atoms with Crippen molar-refractivity contribution >= 4 is 32.8 Å². The fourth-order valence-corrected chi connectivity index (χ4v) is 1.96. The maximum absolute atomic E-state index is 10.4. The molecule has 0 saturated heterocycles. The van der Waals surface area contributed by atoms with Crippen LogP contribution in [0.1, 0.15) is 5.56 Å². The second-order valence-electron chi connectivity index (χ2n) is 3.50. The fraction of sp³-hybridized carbons (Fsp3) is 0.182. The van der Waals surface area contributed by atoms with Crippen molar-refractivity contribution in [3.63, 3.8) is 0 Å². The smallest absolute Gasteiger partial charge is 0.317 e. The minimum atomic E-state index is -0.846. The first kappa shape index (κ1) is 11.2. The van der Waals surface area contributed by atoms with Crippen LogP contribution in [0.4, 0.5) is 0 Å². The predicted octanol–water partition coefficient (Wildman–Crippen LogP) is 2.10. The van der Waals surface area contributed by atoms with Gasteiger partial charge in [-0.3, -0.25) is 4.79 Å². The van der Waals surface area contributed by atoms with Gasteiger partial charge in [0, 0.05) is 28.1 Å². The first-order valence-corrected chi connectivity index (χ1v) is 5.64. The lowest BCUT2D eigenvalue weighted by Crippen LogP contribution is -2.21. The highest BCUT2D eigenvalue weighted by molar-refractivity contribution is 9.10. The van der Waals surface area contributed by atoms with Gasteiger partial charge in [0.2, 0.25) is 0 Å². The number of aromatic nitrogens is 1. The SMILES string of the molecule is O=C(O)CNCc1c[nH]c2ccc(Br)cc12. The molecule has 84 valence electrons. The Morgan fingerprint density at radius 3 is 3.06 bits per heavy atom. The predicted molar refractivity (Wildman–Crippen MR) is 65.3 cm³/mol. The van der Waals surface area contributed by atoms with Gasteiger partial charge in [0.15, 0.2) is 0 Å². The van der Waals surface area contributed by atoms with Gasteiger partial charge in [0.05, 0.1) is 6.54 Å². The number of halogens is 1. The second-order valence-corrected chi connectivity index (χ2v) is 4.42. The number of benzene rings is 1. The Bertz CT molecular complexity index is 522. The van der Waals surface area contributed by atoms with E-state index in [9.17, 15) is 4.79 Å². The van der Waals surface area contributed by atoms with E-state index in [4.69, 9.17) is 5.11 Å². The number of rotatable bonds is 4. The highest BCUT2D eigenvalue weighted by Gasteiger charge is 2.04. The maximum atomic E-state index is 10.4. The van der Waals surface area contributed by atoms with E-state index in [0.29, 0.717) is 6.54 Å². The summed E-state index contributed by atoms with van der Waals surface area (Å²) in [5.41, 5.74) is 2.12. The van der Waals surface area contributed by atoms with Crippen molar-refractivity contribution in [1.29, 1.82) is 0 Å². The van der Waals surface area contributed by atoms with Crippen LogP contribution >= 0.6 is 15.9 Å². The van der Waals surface area contributed by atoms with Crippen LogP contribution in [0.15, 0.2) is 28.9 Å². The molecule has 3 N–H and O–H groups in total. The summed E-state index contributed by atoms with van der Waals surface area (Å²) in [6, 6.07) is 5.97. The molecule has 1 aromatic heterocycles. The van der Waals surface area contributed by atoms with Gasteiger partial charge in [0.1, 0.15) is 0 Å². The van der Waals surface area contributed by atoms with Gasteiger partial charge in [-0.15, -0.1) is 0 Å². The molecule has 5 heteroatoms. The van der Waals surface area contributed by atoms with Crippen LogP contribution in [-0.2, 0) is 11.3 Å². The number of fused-ring (bicyclic) bond motifs is 1. The third-order valence-corrected chi connectivity index (χ3v) is 2.81. The van der Waals surface area contributed by atoms with Gasteiger partial charge in [-0.2, -0.15) is 0 Å². The second kappa shape index (κ2) is 4.67. The molecule has 0 radical (unpaired) electrons. The normalized spacial score (nSPS) is 10.8. The Labute approximate surface area is 101 Å². The number of H-pyrrole nitrogens is 1. The Kier molecular flexibility index (Phi) is 3.26. The molecule has 1 aromatic carbocycles. The van der Waals surface area contributed by atoms with Crippen molar-refractivity contribution in [1.82, 2.24) is 10.3 Å². The third kappa shape index (κ3) is 2.43. The summed E-state index contributed by atoms with van der Waals surface area (Å²) in [5.74, 6) is -0.846. The summed E-state index contributed by atoms with van der Waals surface area (Å²) in [4.78, 5) is 13.5. The van der Waals surface area contributed by atoms with E-state index < -0.39 is 5.97 Å². The number of carbonyl (C=O) groups is 1. The van der Waals surface area contributed by atoms with Crippen molar-refractivity contribution in [3.8, 4) is 0 Å². The van der Waals surface area contributed by atoms with Crippen LogP contribution in [0.5, 0.6) is 0 Å². The summed E-state index contributed by atoms with van der Waals surface area (Å²) < 4.78 is 1.01. The Morgan fingerprint density at radius 2 is 2.31 bits per heavy atom. The standard InChI is InChI=1S/C11H11BrN2O2/c12-8-1-2-10-9(3-8)7(5-14-10)4-13-6-11(15)16/h1-3,5,13-14H,4,6H2,(H,15,16). The highest BCUT2D eigenvalue weighted by Crippen LogP contribution is 2.22. The molecule has 0 unspecified atom stereocenters. The molecule has 0 bridgehead atoms. The molecule has 2 rings (SSSR count). The largest absolute Gasteiger partial charge is 0.480 e. The quantitative estimate of drug-likeness (QED) is 0.805. The number of aliphatic carboxylic acids is 1. The Hall–Kier alpha value is -1.33. The van der Waals surface area contributed by atoms with Crippen LogP contribution < -0.4 is 5.32 Å². The van der Waals surface area contributed by atoms with Crippen molar-refractivity contribution < 1.29 is 9.90 Å². The third-order valence-electron chi connectivity index (χ3n) is 2.32. The molecular weight excluding hydrogens is 272 g/mol. The molecule has 0 fully saturated rings. The van der Waals surface area contributed by atoms with Gasteiger partial charge < -0.3 is 15.4 Å². The zero-order chi connectivity index (χ0) is 11.5. The van der Waals surface area contributed by atoms with Crippen LogP contribution in [0, 0.1) is 0 Å². The number of hydrogen-bond donors (Lipinski definition) is 3. The van der Waals surface area contributed by atoms with E-state index >= 15 is 0 Å². The average molecular weight is 283 g/mol. The van der Waals surface area contributed by atoms with Crippen LogP contribution in [0.3, 0.4) is 0 Å². The molecule has 16 heavy (non-hydrogen) atoms. The summed E-state index contributed by atoms with van der Waals surface area (Å²) in [6.07, 6.45) is 1.89. The molecule has 0 aliphatic heterocycles. The first-order chi connectivity index (χ1) is 7.66. The van der Waals surface area contributed by atoms with Gasteiger partial charge in [-0.1, -0.05) is 15.9 Å². The summed E-state index contributed by atoms with van der Waals surface area (Å²) >= 11 is 3.41. The molecule has 0 saturated carbocycles. The lowest BCUT2D eigenvalue weighted by Gasteiger charge is -2.00. The van der Waals surface area contributed by atoms with Crippen molar-refractivity contribution in [3.05, 3.63) is 34.4 Å². The fourth-order valence-electron chi connectivity index (χ4n) is 1.60. The van der Waals surface area contributed by atoms with E-state index in [1.807, 2.05) is 24.4 Å². The molecule has 0 aliphatic carbocycles.